The Morgan fingerprint density at radius 1 is 1.01 bits per heavy atom. The molecule has 6 atom stereocenters. The van der Waals surface area contributed by atoms with Crippen LogP contribution >= 0.6 is 23.2 Å². The first kappa shape index (κ1) is 46.3. The summed E-state index contributed by atoms with van der Waals surface area (Å²) in [5.74, 6) is 5.59. The summed E-state index contributed by atoms with van der Waals surface area (Å²) in [7, 11) is 1.62. The molecule has 4 N–H and O–H groups in total. The van der Waals surface area contributed by atoms with E-state index in [0.717, 1.165) is 73.1 Å². The Bertz CT molecular complexity index is 2780. The van der Waals surface area contributed by atoms with Crippen molar-refractivity contribution in [2.24, 2.45) is 11.3 Å². The third-order valence-corrected chi connectivity index (χ3v) is 15.9. The molecule has 4 amide bonds. The third-order valence-electron chi connectivity index (χ3n) is 15.4. The predicted molar refractivity (Wildman–Crippen MR) is 262 cm³/mol. The Balaban J connectivity index is 0.828. The number of rotatable bonds is 8. The molecule has 1 saturated carbocycles. The number of ether oxygens (including phenoxy) is 1. The van der Waals surface area contributed by atoms with Gasteiger partial charge in [0.2, 0.25) is 17.7 Å². The Hall–Kier alpha value is -5.45. The van der Waals surface area contributed by atoms with Gasteiger partial charge in [0.25, 0.3) is 5.91 Å². The van der Waals surface area contributed by atoms with E-state index in [0.29, 0.717) is 53.1 Å². The summed E-state index contributed by atoms with van der Waals surface area (Å²) in [5.41, 5.74) is 5.35. The predicted octanol–water partition coefficient (Wildman–Crippen LogP) is 8.77. The number of nitrogens with zero attached hydrogens (tertiary/aromatic N) is 2. The van der Waals surface area contributed by atoms with Gasteiger partial charge in [-0.15, -0.1) is 0 Å². The van der Waals surface area contributed by atoms with Crippen molar-refractivity contribution in [3.8, 4) is 17.6 Å². The molecule has 3 saturated heterocycles. The van der Waals surface area contributed by atoms with E-state index < -0.39 is 35.1 Å². The van der Waals surface area contributed by atoms with E-state index in [9.17, 15) is 19.2 Å². The molecule has 5 aliphatic heterocycles. The molecule has 4 aromatic rings. The van der Waals surface area contributed by atoms with Crippen molar-refractivity contribution in [1.29, 1.82) is 0 Å². The van der Waals surface area contributed by atoms with Crippen molar-refractivity contribution in [1.82, 2.24) is 20.4 Å². The Kier molecular flexibility index (Phi) is 12.3. The van der Waals surface area contributed by atoms with Gasteiger partial charge in [-0.1, -0.05) is 86.1 Å². The molecule has 354 valence electrons. The molecular weight excluding hydrogens is 903 g/mol. The maximum atomic E-state index is 16.4. The first-order valence-corrected chi connectivity index (χ1v) is 24.6. The Morgan fingerprint density at radius 3 is 2.60 bits per heavy atom. The molecule has 68 heavy (non-hydrogen) atoms. The number of hydrogen-bond acceptors (Lipinski definition) is 8. The fourth-order valence-electron chi connectivity index (χ4n) is 12.0. The fraction of sp³-hybridized carbons (Fsp3) is 0.444. The van der Waals surface area contributed by atoms with Gasteiger partial charge in [0, 0.05) is 77.2 Å². The molecule has 0 aromatic heterocycles. The van der Waals surface area contributed by atoms with Gasteiger partial charge in [-0.2, -0.15) is 0 Å². The monoisotopic (exact) mass is 958 g/mol. The zero-order valence-corrected chi connectivity index (χ0v) is 40.3. The topological polar surface area (TPSA) is 132 Å². The van der Waals surface area contributed by atoms with E-state index >= 15 is 4.39 Å². The maximum Gasteiger partial charge on any atom is 0.255 e. The minimum Gasteiger partial charge on any atom is -0.495 e. The van der Waals surface area contributed by atoms with Crippen LogP contribution in [0.15, 0.2) is 72.8 Å². The second-order valence-corrected chi connectivity index (χ2v) is 21.6. The number of nitrogens with one attached hydrogen (secondary N) is 4. The summed E-state index contributed by atoms with van der Waals surface area (Å²) in [6.45, 7) is 9.24. The number of fused-ring (bicyclic) bond motifs is 3. The van der Waals surface area contributed by atoms with Crippen LogP contribution in [0.1, 0.15) is 116 Å². The van der Waals surface area contributed by atoms with Crippen molar-refractivity contribution in [3.05, 3.63) is 122 Å². The number of halogens is 3. The number of likely N-dealkylation sites (tertiary alicyclic amines) is 1. The SMILES string of the molecule is COc1cc([C@@H]2CCCN(C3CC(C#Cc4cccc5c4CN(C4CCC(=O)NC4=O)C5=O)C3)C2)ccc1NC(=O)[C@@H]1N[C@@H](CC(C)(C)C)[C@@]2(CNc3cc(Cl)ccc32)[C@H]1c1cccc(Cl)c1F. The number of methoxy groups -OCH3 is 1. The molecule has 4 fully saturated rings. The Morgan fingerprint density at radius 2 is 1.82 bits per heavy atom. The molecule has 10 rings (SSSR count). The highest BCUT2D eigenvalue weighted by atomic mass is 35.5. The summed E-state index contributed by atoms with van der Waals surface area (Å²) >= 11 is 13.0. The smallest absolute Gasteiger partial charge is 0.255 e. The van der Waals surface area contributed by atoms with E-state index in [4.69, 9.17) is 27.9 Å². The van der Waals surface area contributed by atoms with Gasteiger partial charge < -0.3 is 25.6 Å². The van der Waals surface area contributed by atoms with Crippen LogP contribution in [0, 0.1) is 29.0 Å². The van der Waals surface area contributed by atoms with Crippen molar-refractivity contribution >= 4 is 58.2 Å². The van der Waals surface area contributed by atoms with E-state index in [1.54, 1.807) is 36.3 Å². The lowest BCUT2D eigenvalue weighted by Crippen LogP contribution is -2.52. The summed E-state index contributed by atoms with van der Waals surface area (Å²) in [6, 6.07) is 21.2. The van der Waals surface area contributed by atoms with Crippen LogP contribution in [0.5, 0.6) is 5.75 Å². The summed E-state index contributed by atoms with van der Waals surface area (Å²) in [6.07, 6.45) is 5.28. The third kappa shape index (κ3) is 8.43. The molecular formula is C54H57Cl2FN6O5. The molecule has 4 aromatic carbocycles. The van der Waals surface area contributed by atoms with Crippen LogP contribution in [0.3, 0.4) is 0 Å². The average molecular weight is 960 g/mol. The van der Waals surface area contributed by atoms with Gasteiger partial charge in [-0.3, -0.25) is 29.4 Å². The highest BCUT2D eigenvalue weighted by Crippen LogP contribution is 2.57. The van der Waals surface area contributed by atoms with Gasteiger partial charge in [0.05, 0.1) is 23.9 Å². The number of imide groups is 1. The molecule has 0 radical (unpaired) electrons. The highest BCUT2D eigenvalue weighted by Gasteiger charge is 2.61. The summed E-state index contributed by atoms with van der Waals surface area (Å²) in [5, 5.41) is 13.5. The lowest BCUT2D eigenvalue weighted by Gasteiger charge is -2.45. The van der Waals surface area contributed by atoms with Crippen LogP contribution in [-0.4, -0.2) is 84.3 Å². The normalized spacial score (nSPS) is 27.7. The largest absolute Gasteiger partial charge is 0.495 e. The zero-order chi connectivity index (χ0) is 47.6. The number of hydrogen-bond donors (Lipinski definition) is 4. The zero-order valence-electron chi connectivity index (χ0n) is 38.8. The number of anilines is 2. The number of carbonyl (C=O) groups is 4. The molecule has 11 nitrogen and oxygen atoms in total. The van der Waals surface area contributed by atoms with Crippen LogP contribution in [0.4, 0.5) is 15.8 Å². The minimum atomic E-state index is -0.820. The summed E-state index contributed by atoms with van der Waals surface area (Å²) < 4.78 is 22.3. The number of benzene rings is 4. The summed E-state index contributed by atoms with van der Waals surface area (Å²) in [4.78, 5) is 56.7. The van der Waals surface area contributed by atoms with Crippen LogP contribution < -0.4 is 26.0 Å². The number of amides is 4. The van der Waals surface area contributed by atoms with Crippen molar-refractivity contribution in [2.45, 2.75) is 114 Å². The quantitative estimate of drug-likeness (QED) is 0.102. The first-order valence-electron chi connectivity index (χ1n) is 23.9. The van der Waals surface area contributed by atoms with Crippen molar-refractivity contribution in [2.75, 3.05) is 37.4 Å². The van der Waals surface area contributed by atoms with Crippen molar-refractivity contribution < 1.29 is 28.3 Å². The molecule has 6 aliphatic rings. The highest BCUT2D eigenvalue weighted by molar-refractivity contribution is 6.31. The van der Waals surface area contributed by atoms with Gasteiger partial charge in [-0.25, -0.2) is 4.39 Å². The maximum absolute atomic E-state index is 16.4. The standard InChI is InChI=1S/C54H57Cl2FN6O5/c1-53(2,3)26-45-54(29-58-42-25-34(55)16-17-39(42)54)47(37-11-6-12-40(56)48(37)57)49(60-45)51(66)59-41-18-15-32(24-44(41)68-4)33-9-7-21-62(27-33)35-22-30(23-35)13-14-31-8-5-10-36-38(31)28-63(52(36)67)43-19-20-46(64)61-50(43)65/h5-6,8,10-12,15-18,24-25,30,33,35,43,45,47,49,58,60H,7,9,19-23,26-29H2,1-4H3,(H,59,66)(H,61,64,65)/t30?,33-,35?,43?,45+,47+,49-,54+/m1/s1. The molecule has 14 heteroatoms. The van der Waals surface area contributed by atoms with Crippen LogP contribution in [-0.2, 0) is 26.3 Å². The molecule has 5 heterocycles. The Labute approximate surface area is 407 Å². The number of piperidine rings is 2. The van der Waals surface area contributed by atoms with E-state index in [-0.39, 0.29) is 52.5 Å². The molecule has 0 bridgehead atoms. The van der Waals surface area contributed by atoms with Crippen LogP contribution in [0.25, 0.3) is 0 Å². The second kappa shape index (κ2) is 18.1. The fourth-order valence-corrected chi connectivity index (χ4v) is 12.4. The van der Waals surface area contributed by atoms with E-state index in [1.165, 1.54) is 0 Å². The lowest BCUT2D eigenvalue weighted by molar-refractivity contribution is -0.137. The van der Waals surface area contributed by atoms with E-state index in [1.807, 2.05) is 42.5 Å². The number of carbonyl (C=O) groups excluding carboxylic acids is 4. The molecule has 1 unspecified atom stereocenters. The van der Waals surface area contributed by atoms with Crippen molar-refractivity contribution in [3.63, 3.8) is 0 Å². The average Bonchev–Trinajstić information content (AvgIpc) is 3.94. The molecule has 1 spiro atoms. The van der Waals surface area contributed by atoms with E-state index in [2.05, 4.69) is 64.8 Å². The van der Waals surface area contributed by atoms with Gasteiger partial charge in [0.1, 0.15) is 17.6 Å². The van der Waals surface area contributed by atoms with Crippen LogP contribution in [0.2, 0.25) is 10.0 Å². The minimum absolute atomic E-state index is 0.0102. The molecule has 1 aliphatic carbocycles. The lowest BCUT2D eigenvalue weighted by atomic mass is 9.63. The first-order chi connectivity index (χ1) is 32.6. The van der Waals surface area contributed by atoms with Gasteiger partial charge >= 0.3 is 0 Å². The second-order valence-electron chi connectivity index (χ2n) is 20.8. The van der Waals surface area contributed by atoms with Gasteiger partial charge in [-0.05, 0) is 121 Å². The van der Waals surface area contributed by atoms with Gasteiger partial charge in [0.15, 0.2) is 0 Å².